The lowest BCUT2D eigenvalue weighted by molar-refractivity contribution is 0.0827. The Morgan fingerprint density at radius 2 is 1.91 bits per heavy atom. The Morgan fingerprint density at radius 1 is 1.23 bits per heavy atom. The Bertz CT molecular complexity index is 826. The first-order valence-corrected chi connectivity index (χ1v) is 7.13. The highest BCUT2D eigenvalue weighted by molar-refractivity contribution is 5.93. The highest BCUT2D eigenvalue weighted by Crippen LogP contribution is 2.18. The van der Waals surface area contributed by atoms with Crippen molar-refractivity contribution in [1.82, 2.24) is 24.5 Å². The molecule has 0 atom stereocenters. The highest BCUT2D eigenvalue weighted by Gasteiger charge is 2.12. The quantitative estimate of drug-likeness (QED) is 0.741. The molecule has 3 aromatic rings. The van der Waals surface area contributed by atoms with E-state index in [1.165, 1.54) is 0 Å². The minimum Gasteiger partial charge on any atom is -0.345 e. The minimum atomic E-state index is 0.0103. The van der Waals surface area contributed by atoms with Crippen molar-refractivity contribution in [3.05, 3.63) is 47.3 Å². The molecule has 6 nitrogen and oxygen atoms in total. The van der Waals surface area contributed by atoms with Crippen LogP contribution in [-0.2, 0) is 13.6 Å². The van der Waals surface area contributed by atoms with Crippen molar-refractivity contribution in [2.45, 2.75) is 13.5 Å². The van der Waals surface area contributed by atoms with Crippen LogP contribution in [0.1, 0.15) is 21.6 Å². The number of rotatable bonds is 3. The topological polar surface area (TPSA) is 56.0 Å². The lowest BCUT2D eigenvalue weighted by Crippen LogP contribution is -2.21. The molecule has 0 spiro atoms. The van der Waals surface area contributed by atoms with Crippen LogP contribution < -0.4 is 0 Å². The third-order valence-corrected chi connectivity index (χ3v) is 3.75. The molecular weight excluding hydrogens is 278 g/mol. The number of hydrogen-bond acceptors (Lipinski definition) is 3. The Labute approximate surface area is 128 Å². The molecule has 0 bridgehead atoms. The van der Waals surface area contributed by atoms with Crippen molar-refractivity contribution in [2.75, 3.05) is 14.1 Å². The van der Waals surface area contributed by atoms with Crippen molar-refractivity contribution < 1.29 is 4.79 Å². The van der Waals surface area contributed by atoms with E-state index >= 15 is 0 Å². The molecule has 0 fully saturated rings. The molecule has 0 radical (unpaired) electrons. The number of nitrogens with zero attached hydrogens (tertiary/aromatic N) is 5. The highest BCUT2D eigenvalue weighted by atomic mass is 16.2. The molecule has 3 rings (SSSR count). The Balaban J connectivity index is 1.88. The average Bonchev–Trinajstić information content (AvgIpc) is 3.02. The molecule has 0 aliphatic rings. The summed E-state index contributed by atoms with van der Waals surface area (Å²) >= 11 is 0. The fourth-order valence-corrected chi connectivity index (χ4v) is 2.61. The van der Waals surface area contributed by atoms with E-state index in [0.717, 1.165) is 22.3 Å². The second-order valence-electron chi connectivity index (χ2n) is 5.64. The average molecular weight is 297 g/mol. The molecule has 1 aromatic carbocycles. The molecule has 2 aromatic heterocycles. The van der Waals surface area contributed by atoms with Crippen molar-refractivity contribution in [2.24, 2.45) is 7.05 Å². The van der Waals surface area contributed by atoms with Gasteiger partial charge in [-0.2, -0.15) is 10.2 Å². The van der Waals surface area contributed by atoms with Crippen LogP contribution in [0, 0.1) is 6.92 Å². The third-order valence-electron chi connectivity index (χ3n) is 3.75. The predicted molar refractivity (Wildman–Crippen MR) is 84.8 cm³/mol. The van der Waals surface area contributed by atoms with Gasteiger partial charge in [0, 0.05) is 26.7 Å². The summed E-state index contributed by atoms with van der Waals surface area (Å²) in [5, 5.41) is 8.85. The predicted octanol–water partition coefficient (Wildman–Crippen LogP) is 1.83. The Morgan fingerprint density at radius 3 is 2.55 bits per heavy atom. The summed E-state index contributed by atoms with van der Waals surface area (Å²) in [5.74, 6) is 0.0103. The van der Waals surface area contributed by atoms with Gasteiger partial charge in [0.25, 0.3) is 5.91 Å². The van der Waals surface area contributed by atoms with Gasteiger partial charge in [0.2, 0.25) is 0 Å². The summed E-state index contributed by atoms with van der Waals surface area (Å²) in [6, 6.07) is 7.65. The molecule has 0 aliphatic carbocycles. The Hall–Kier alpha value is -2.63. The lowest BCUT2D eigenvalue weighted by Gasteiger charge is -2.10. The zero-order valence-electron chi connectivity index (χ0n) is 13.2. The first-order valence-electron chi connectivity index (χ1n) is 7.13. The number of hydrogen-bond donors (Lipinski definition) is 0. The molecule has 114 valence electrons. The fourth-order valence-electron chi connectivity index (χ4n) is 2.61. The van der Waals surface area contributed by atoms with Gasteiger partial charge < -0.3 is 4.90 Å². The van der Waals surface area contributed by atoms with Crippen molar-refractivity contribution in [1.29, 1.82) is 0 Å². The van der Waals surface area contributed by atoms with Gasteiger partial charge in [-0.25, -0.2) is 0 Å². The maximum atomic E-state index is 11.9. The largest absolute Gasteiger partial charge is 0.345 e. The van der Waals surface area contributed by atoms with Gasteiger partial charge in [0.1, 0.15) is 11.0 Å². The maximum Gasteiger partial charge on any atom is 0.253 e. The van der Waals surface area contributed by atoms with E-state index in [1.807, 2.05) is 53.8 Å². The van der Waals surface area contributed by atoms with Crippen molar-refractivity contribution >= 4 is 16.9 Å². The number of aryl methyl sites for hydroxylation is 2. The summed E-state index contributed by atoms with van der Waals surface area (Å²) < 4.78 is 3.79. The van der Waals surface area contributed by atoms with E-state index in [0.29, 0.717) is 12.1 Å². The van der Waals surface area contributed by atoms with Crippen LogP contribution in [0.2, 0.25) is 0 Å². The summed E-state index contributed by atoms with van der Waals surface area (Å²) in [5.41, 5.74) is 4.84. The minimum absolute atomic E-state index is 0.0103. The van der Waals surface area contributed by atoms with Gasteiger partial charge in [-0.15, -0.1) is 0 Å². The number of fused-ring (bicyclic) bond motifs is 1. The number of amides is 1. The molecule has 0 saturated carbocycles. The first-order chi connectivity index (χ1) is 10.5. The molecule has 0 saturated heterocycles. The summed E-state index contributed by atoms with van der Waals surface area (Å²) in [6.45, 7) is 2.64. The fraction of sp³-hybridized carbons (Fsp3) is 0.312. The summed E-state index contributed by atoms with van der Waals surface area (Å²) in [6.07, 6.45) is 1.83. The smallest absolute Gasteiger partial charge is 0.253 e. The van der Waals surface area contributed by atoms with E-state index in [-0.39, 0.29) is 5.91 Å². The second-order valence-corrected chi connectivity index (χ2v) is 5.64. The maximum absolute atomic E-state index is 11.9. The van der Waals surface area contributed by atoms with E-state index in [1.54, 1.807) is 19.0 Å². The molecule has 0 unspecified atom stereocenters. The molecule has 6 heteroatoms. The van der Waals surface area contributed by atoms with Crippen LogP contribution in [0.25, 0.3) is 11.0 Å². The van der Waals surface area contributed by atoms with Crippen LogP contribution in [0.4, 0.5) is 0 Å². The second kappa shape index (κ2) is 5.29. The van der Waals surface area contributed by atoms with Crippen LogP contribution in [-0.4, -0.2) is 44.5 Å². The van der Waals surface area contributed by atoms with E-state index < -0.39 is 0 Å². The van der Waals surface area contributed by atoms with Crippen LogP contribution in [0.5, 0.6) is 0 Å². The van der Waals surface area contributed by atoms with Crippen LogP contribution in [0.3, 0.4) is 0 Å². The monoisotopic (exact) mass is 297 g/mol. The zero-order valence-corrected chi connectivity index (χ0v) is 13.2. The molecular formula is C16H19N5O. The summed E-state index contributed by atoms with van der Waals surface area (Å²) in [7, 11) is 5.42. The summed E-state index contributed by atoms with van der Waals surface area (Å²) in [4.78, 5) is 13.5. The van der Waals surface area contributed by atoms with Gasteiger partial charge in [0.05, 0.1) is 18.4 Å². The molecule has 0 N–H and O–H groups in total. The lowest BCUT2D eigenvalue weighted by atomic mass is 10.1. The van der Waals surface area contributed by atoms with Gasteiger partial charge in [-0.3, -0.25) is 14.2 Å². The molecule has 22 heavy (non-hydrogen) atoms. The van der Waals surface area contributed by atoms with Gasteiger partial charge in [-0.1, -0.05) is 12.1 Å². The van der Waals surface area contributed by atoms with Crippen LogP contribution >= 0.6 is 0 Å². The van der Waals surface area contributed by atoms with E-state index in [4.69, 9.17) is 0 Å². The molecule has 0 aliphatic heterocycles. The van der Waals surface area contributed by atoms with Crippen LogP contribution in [0.15, 0.2) is 30.5 Å². The molecule has 2 heterocycles. The third kappa shape index (κ3) is 2.36. The Kier molecular flexibility index (Phi) is 3.44. The number of aromatic nitrogens is 4. The van der Waals surface area contributed by atoms with Crippen molar-refractivity contribution in [3.63, 3.8) is 0 Å². The molecule has 1 amide bonds. The van der Waals surface area contributed by atoms with E-state index in [9.17, 15) is 4.79 Å². The van der Waals surface area contributed by atoms with Gasteiger partial charge in [0.15, 0.2) is 0 Å². The zero-order chi connectivity index (χ0) is 15.9. The first kappa shape index (κ1) is 14.3. The SMILES string of the molecule is Cc1nn(C)c2cnn(Cc3ccc(C(=O)N(C)C)cc3)c12. The standard InChI is InChI=1S/C16H19N5O/c1-11-15-14(20(4)18-11)9-17-21(15)10-12-5-7-13(8-6-12)16(22)19(2)3/h5-9H,10H2,1-4H3. The van der Waals surface area contributed by atoms with Gasteiger partial charge in [-0.05, 0) is 24.6 Å². The normalized spacial score (nSPS) is 11.1. The van der Waals surface area contributed by atoms with E-state index in [2.05, 4.69) is 10.2 Å². The van der Waals surface area contributed by atoms with Gasteiger partial charge >= 0.3 is 0 Å². The number of benzene rings is 1. The number of carbonyl (C=O) groups is 1. The van der Waals surface area contributed by atoms with Crippen molar-refractivity contribution in [3.8, 4) is 0 Å². The number of carbonyl (C=O) groups excluding carboxylic acids is 1.